The summed E-state index contributed by atoms with van der Waals surface area (Å²) >= 11 is 0. The van der Waals surface area contributed by atoms with E-state index in [4.69, 9.17) is 0 Å². The van der Waals surface area contributed by atoms with E-state index in [1.54, 1.807) is 0 Å². The van der Waals surface area contributed by atoms with E-state index in [2.05, 4.69) is 96.8 Å². The summed E-state index contributed by atoms with van der Waals surface area (Å²) in [6, 6.07) is 22.3. The van der Waals surface area contributed by atoms with Gasteiger partial charge in [-0.25, -0.2) is 9.13 Å². The van der Waals surface area contributed by atoms with Crippen molar-refractivity contribution in [2.24, 2.45) is 0 Å². The van der Waals surface area contributed by atoms with E-state index in [1.165, 1.54) is 157 Å². The van der Waals surface area contributed by atoms with Gasteiger partial charge in [-0.05, 0) is 42.7 Å². The highest BCUT2D eigenvalue weighted by atomic mass is 15.2. The minimum atomic E-state index is 0.517. The van der Waals surface area contributed by atoms with Crippen LogP contribution in [0.25, 0.3) is 0 Å². The van der Waals surface area contributed by atoms with Crippen LogP contribution in [0.5, 0.6) is 0 Å². The molecule has 0 saturated heterocycles. The number of imidazole rings is 1. The van der Waals surface area contributed by atoms with Crippen molar-refractivity contribution in [1.82, 2.24) is 4.57 Å². The third-order valence-electron chi connectivity index (χ3n) is 10.1. The average Bonchev–Trinajstić information content (AvgIpc) is 3.39. The fourth-order valence-electron chi connectivity index (χ4n) is 7.17. The van der Waals surface area contributed by atoms with Gasteiger partial charge in [0.15, 0.2) is 0 Å². The summed E-state index contributed by atoms with van der Waals surface area (Å²) in [4.78, 5) is 0. The number of rotatable bonds is 28. The van der Waals surface area contributed by atoms with Crippen LogP contribution in [0, 0.1) is 0 Å². The molecule has 1 aromatic heterocycles. The summed E-state index contributed by atoms with van der Waals surface area (Å²) in [6.45, 7) is 9.33. The second kappa shape index (κ2) is 24.8. The number of nitrogens with zero attached hydrogens (tertiary/aromatic N) is 2. The van der Waals surface area contributed by atoms with Gasteiger partial charge in [-0.3, -0.25) is 0 Å². The lowest BCUT2D eigenvalue weighted by atomic mass is 9.96. The normalized spacial score (nSPS) is 12.2. The molecule has 3 aromatic rings. The first-order chi connectivity index (χ1) is 22.7. The molecular weight excluding hydrogens is 556 g/mol. The van der Waals surface area contributed by atoms with Gasteiger partial charge in [0.1, 0.15) is 11.9 Å². The Morgan fingerprint density at radius 3 is 1.52 bits per heavy atom. The Bertz CT molecular complexity index is 1120. The molecule has 0 spiro atoms. The fourth-order valence-corrected chi connectivity index (χ4v) is 7.17. The van der Waals surface area contributed by atoms with E-state index in [1.807, 2.05) is 0 Å². The summed E-state index contributed by atoms with van der Waals surface area (Å²) in [5, 5.41) is 0. The van der Waals surface area contributed by atoms with E-state index in [-0.39, 0.29) is 0 Å². The van der Waals surface area contributed by atoms with Crippen LogP contribution < -0.4 is 4.57 Å². The van der Waals surface area contributed by atoms with Crippen molar-refractivity contribution >= 4 is 0 Å². The topological polar surface area (TPSA) is 8.81 Å². The van der Waals surface area contributed by atoms with Crippen LogP contribution >= 0.6 is 0 Å². The third-order valence-corrected chi connectivity index (χ3v) is 10.1. The zero-order valence-corrected chi connectivity index (χ0v) is 30.5. The van der Waals surface area contributed by atoms with Gasteiger partial charge >= 0.3 is 0 Å². The van der Waals surface area contributed by atoms with Gasteiger partial charge in [0, 0.05) is 6.42 Å². The lowest BCUT2D eigenvalue weighted by Crippen LogP contribution is -2.37. The fraction of sp³-hybridized carbons (Fsp3) is 0.659. The van der Waals surface area contributed by atoms with E-state index < -0.39 is 0 Å². The molecule has 0 bridgehead atoms. The third kappa shape index (κ3) is 15.5. The number of unbranched alkanes of at least 4 members (excludes halogenated alkanes) is 19. The molecule has 46 heavy (non-hydrogen) atoms. The lowest BCUT2D eigenvalue weighted by molar-refractivity contribution is -0.704. The molecule has 2 heteroatoms. The SMILES string of the molecule is CCCCCCCCCCCCCCCC[n+]1cc(CC(C)c2ccccc2)n(CCCCCCCCC)c1Cc1ccccc1. The first kappa shape index (κ1) is 38.1. The van der Waals surface area contributed by atoms with E-state index in [9.17, 15) is 0 Å². The Morgan fingerprint density at radius 1 is 0.543 bits per heavy atom. The maximum Gasteiger partial charge on any atom is 0.261 e. The maximum absolute atomic E-state index is 2.74. The zero-order chi connectivity index (χ0) is 32.5. The number of hydrogen-bond acceptors (Lipinski definition) is 0. The molecule has 1 unspecified atom stereocenters. The number of hydrogen-bond donors (Lipinski definition) is 0. The molecule has 1 atom stereocenters. The average molecular weight is 628 g/mol. The van der Waals surface area contributed by atoms with Crippen molar-refractivity contribution < 1.29 is 4.57 Å². The van der Waals surface area contributed by atoms with Crippen LogP contribution in [-0.2, 0) is 25.9 Å². The Morgan fingerprint density at radius 2 is 1.00 bits per heavy atom. The largest absolute Gasteiger partial charge is 0.261 e. The summed E-state index contributed by atoms with van der Waals surface area (Å²) in [5.41, 5.74) is 4.41. The van der Waals surface area contributed by atoms with Crippen LogP contribution in [0.2, 0.25) is 0 Å². The van der Waals surface area contributed by atoms with Gasteiger partial charge < -0.3 is 0 Å². The highest BCUT2D eigenvalue weighted by molar-refractivity contribution is 5.22. The minimum absolute atomic E-state index is 0.517. The van der Waals surface area contributed by atoms with Crippen molar-refractivity contribution in [3.05, 3.63) is 89.5 Å². The van der Waals surface area contributed by atoms with E-state index in [0.717, 1.165) is 25.9 Å². The van der Waals surface area contributed by atoms with Crippen molar-refractivity contribution in [1.29, 1.82) is 0 Å². The van der Waals surface area contributed by atoms with E-state index in [0.29, 0.717) is 5.92 Å². The minimum Gasteiger partial charge on any atom is -0.234 e. The van der Waals surface area contributed by atoms with Gasteiger partial charge in [0.25, 0.3) is 5.82 Å². The van der Waals surface area contributed by atoms with Crippen LogP contribution in [0.3, 0.4) is 0 Å². The quantitative estimate of drug-likeness (QED) is 0.0559. The molecule has 256 valence electrons. The van der Waals surface area contributed by atoms with Gasteiger partial charge in [-0.2, -0.15) is 0 Å². The van der Waals surface area contributed by atoms with Crippen molar-refractivity contribution in [2.75, 3.05) is 0 Å². The molecule has 0 aliphatic heterocycles. The molecular formula is C44H71N2+. The predicted octanol–water partition coefficient (Wildman–Crippen LogP) is 12.9. The van der Waals surface area contributed by atoms with Crippen molar-refractivity contribution in [3.8, 4) is 0 Å². The van der Waals surface area contributed by atoms with Crippen LogP contribution in [0.4, 0.5) is 0 Å². The smallest absolute Gasteiger partial charge is 0.234 e. The molecule has 0 aliphatic carbocycles. The Labute approximate surface area is 285 Å². The number of aromatic nitrogens is 2. The second-order valence-electron chi connectivity index (χ2n) is 14.3. The summed E-state index contributed by atoms with van der Waals surface area (Å²) < 4.78 is 5.39. The zero-order valence-electron chi connectivity index (χ0n) is 30.5. The highest BCUT2D eigenvalue weighted by Crippen LogP contribution is 2.23. The summed E-state index contributed by atoms with van der Waals surface area (Å²) in [7, 11) is 0. The van der Waals surface area contributed by atoms with Gasteiger partial charge in [-0.15, -0.1) is 0 Å². The van der Waals surface area contributed by atoms with Gasteiger partial charge in [0.2, 0.25) is 0 Å². The van der Waals surface area contributed by atoms with Crippen molar-refractivity contribution in [3.63, 3.8) is 0 Å². The molecule has 2 nitrogen and oxygen atoms in total. The molecule has 0 saturated carbocycles. The second-order valence-corrected chi connectivity index (χ2v) is 14.3. The van der Waals surface area contributed by atoms with Gasteiger partial charge in [0.05, 0.1) is 19.5 Å². The summed E-state index contributed by atoms with van der Waals surface area (Å²) in [6.07, 6.45) is 34.0. The van der Waals surface area contributed by atoms with Crippen LogP contribution in [0.15, 0.2) is 66.9 Å². The number of aryl methyl sites for hydroxylation is 1. The molecule has 0 radical (unpaired) electrons. The lowest BCUT2D eigenvalue weighted by Gasteiger charge is -2.12. The molecule has 1 heterocycles. The predicted molar refractivity (Wildman–Crippen MR) is 201 cm³/mol. The van der Waals surface area contributed by atoms with Crippen molar-refractivity contribution in [2.45, 2.75) is 187 Å². The molecule has 2 aromatic carbocycles. The Hall–Kier alpha value is -2.35. The molecule has 3 rings (SSSR count). The first-order valence-electron chi connectivity index (χ1n) is 19.9. The van der Waals surface area contributed by atoms with E-state index >= 15 is 0 Å². The molecule has 0 amide bonds. The standard InChI is InChI=1S/C44H71N2/c1-4-6-8-10-12-13-14-15-16-17-18-20-21-29-35-45-39-43(37-40(3)42-33-27-24-28-34-42)46(36-30-22-19-11-9-7-5-2)44(45)38-41-31-25-23-26-32-41/h23-28,31-34,39-40H,4-22,29-30,35-38H2,1-3H3/q+1. The van der Waals surface area contributed by atoms with Crippen LogP contribution in [-0.4, -0.2) is 4.57 Å². The maximum atomic E-state index is 2.74. The van der Waals surface area contributed by atoms with Gasteiger partial charge in [-0.1, -0.05) is 191 Å². The Kier molecular flexibility index (Phi) is 20.5. The van der Waals surface area contributed by atoms with Crippen LogP contribution in [0.1, 0.15) is 184 Å². The molecule has 0 aliphatic rings. The summed E-state index contributed by atoms with van der Waals surface area (Å²) in [5.74, 6) is 2.03. The monoisotopic (exact) mass is 628 g/mol. The Balaban J connectivity index is 1.57. The first-order valence-corrected chi connectivity index (χ1v) is 19.9. The number of benzene rings is 2. The highest BCUT2D eigenvalue weighted by Gasteiger charge is 2.25. The molecule has 0 fully saturated rings. The molecule has 0 N–H and O–H groups in total.